The Bertz CT molecular complexity index is 754. The van der Waals surface area contributed by atoms with Gasteiger partial charge in [0.15, 0.2) is 0 Å². The number of aromatic nitrogens is 1. The summed E-state index contributed by atoms with van der Waals surface area (Å²) in [6.07, 6.45) is 5.33. The van der Waals surface area contributed by atoms with E-state index in [2.05, 4.69) is 10.3 Å². The van der Waals surface area contributed by atoms with Crippen molar-refractivity contribution in [1.29, 1.82) is 0 Å². The van der Waals surface area contributed by atoms with E-state index in [1.807, 2.05) is 13.1 Å². The Labute approximate surface area is 131 Å². The Kier molecular flexibility index (Phi) is 4.42. The average molecular weight is 319 g/mol. The summed E-state index contributed by atoms with van der Waals surface area (Å²) in [5.74, 6) is 0.380. The molecule has 5 nitrogen and oxygen atoms in total. The number of nitrogens with zero attached hydrogens (tertiary/aromatic N) is 2. The van der Waals surface area contributed by atoms with Gasteiger partial charge >= 0.3 is 0 Å². The molecule has 2 aromatic rings. The minimum Gasteiger partial charge on any atom is -0.319 e. The van der Waals surface area contributed by atoms with Crippen LogP contribution in [0, 0.1) is 5.92 Å². The molecule has 0 bridgehead atoms. The molecule has 1 atom stereocenters. The molecular formula is C16H21N3O2S. The van der Waals surface area contributed by atoms with E-state index in [4.69, 9.17) is 0 Å². The van der Waals surface area contributed by atoms with Gasteiger partial charge in [0.05, 0.1) is 4.90 Å². The lowest BCUT2D eigenvalue weighted by Gasteiger charge is -2.32. The van der Waals surface area contributed by atoms with Gasteiger partial charge in [-0.15, -0.1) is 0 Å². The van der Waals surface area contributed by atoms with Crippen LogP contribution in [0.1, 0.15) is 12.8 Å². The highest BCUT2D eigenvalue weighted by molar-refractivity contribution is 7.89. The monoisotopic (exact) mass is 319 g/mol. The molecular weight excluding hydrogens is 298 g/mol. The van der Waals surface area contributed by atoms with Gasteiger partial charge in [0, 0.05) is 36.3 Å². The maximum Gasteiger partial charge on any atom is 0.243 e. The highest BCUT2D eigenvalue weighted by Gasteiger charge is 2.30. The van der Waals surface area contributed by atoms with Crippen LogP contribution < -0.4 is 5.32 Å². The summed E-state index contributed by atoms with van der Waals surface area (Å²) in [5, 5.41) is 4.75. The molecule has 1 aromatic heterocycles. The number of benzene rings is 1. The van der Waals surface area contributed by atoms with Crippen molar-refractivity contribution in [2.75, 3.05) is 26.7 Å². The summed E-state index contributed by atoms with van der Waals surface area (Å²) >= 11 is 0. The standard InChI is InChI=1S/C16H21N3O2S/c1-17-10-13-4-3-9-19(12-13)22(20,21)16-6-2-5-14-11-18-8-7-15(14)16/h2,5-8,11,13,17H,3-4,9-10,12H2,1H3/t13-/m1/s1. The van der Waals surface area contributed by atoms with Crippen molar-refractivity contribution >= 4 is 20.8 Å². The minimum atomic E-state index is -3.46. The normalized spacial score (nSPS) is 20.3. The second kappa shape index (κ2) is 6.32. The number of sulfonamides is 1. The first-order chi connectivity index (χ1) is 10.6. The van der Waals surface area contributed by atoms with Crippen LogP contribution in [0.25, 0.3) is 10.8 Å². The zero-order valence-electron chi connectivity index (χ0n) is 12.7. The topological polar surface area (TPSA) is 62.3 Å². The minimum absolute atomic E-state index is 0.380. The Morgan fingerprint density at radius 1 is 1.36 bits per heavy atom. The van der Waals surface area contributed by atoms with Crippen molar-refractivity contribution < 1.29 is 8.42 Å². The van der Waals surface area contributed by atoms with Gasteiger partial charge in [-0.1, -0.05) is 12.1 Å². The van der Waals surface area contributed by atoms with Gasteiger partial charge in [-0.2, -0.15) is 4.31 Å². The first-order valence-electron chi connectivity index (χ1n) is 7.60. The summed E-state index contributed by atoms with van der Waals surface area (Å²) in [5.41, 5.74) is 0. The van der Waals surface area contributed by atoms with Crippen molar-refractivity contribution in [2.45, 2.75) is 17.7 Å². The fourth-order valence-corrected chi connectivity index (χ4v) is 4.93. The van der Waals surface area contributed by atoms with Crippen LogP contribution in [-0.2, 0) is 10.0 Å². The van der Waals surface area contributed by atoms with Crippen LogP contribution >= 0.6 is 0 Å². The summed E-state index contributed by atoms with van der Waals surface area (Å²) < 4.78 is 27.7. The maximum absolute atomic E-state index is 13.0. The Balaban J connectivity index is 1.98. The van der Waals surface area contributed by atoms with Gasteiger partial charge in [-0.05, 0) is 44.5 Å². The molecule has 1 aromatic carbocycles. The van der Waals surface area contributed by atoms with E-state index in [-0.39, 0.29) is 0 Å². The quantitative estimate of drug-likeness (QED) is 0.934. The van der Waals surface area contributed by atoms with Crippen LogP contribution in [0.5, 0.6) is 0 Å². The molecule has 118 valence electrons. The summed E-state index contributed by atoms with van der Waals surface area (Å²) in [7, 11) is -1.55. The van der Waals surface area contributed by atoms with Crippen LogP contribution in [0.15, 0.2) is 41.6 Å². The van der Waals surface area contributed by atoms with Gasteiger partial charge in [0.1, 0.15) is 0 Å². The zero-order valence-corrected chi connectivity index (χ0v) is 13.5. The lowest BCUT2D eigenvalue weighted by molar-refractivity contribution is 0.263. The van der Waals surface area contributed by atoms with Gasteiger partial charge in [0.2, 0.25) is 10.0 Å². The predicted molar refractivity (Wildman–Crippen MR) is 87.2 cm³/mol. The predicted octanol–water partition coefficient (Wildman–Crippen LogP) is 1.85. The third-order valence-corrected chi connectivity index (χ3v) is 6.16. The van der Waals surface area contributed by atoms with Crippen LogP contribution in [0.4, 0.5) is 0 Å². The number of piperidine rings is 1. The van der Waals surface area contributed by atoms with Crippen LogP contribution in [0.3, 0.4) is 0 Å². The van der Waals surface area contributed by atoms with Crippen molar-refractivity contribution in [2.24, 2.45) is 5.92 Å². The first-order valence-corrected chi connectivity index (χ1v) is 9.04. The third kappa shape index (κ3) is 2.86. The van der Waals surface area contributed by atoms with Crippen molar-refractivity contribution in [3.05, 3.63) is 36.7 Å². The van der Waals surface area contributed by atoms with Gasteiger partial charge in [0.25, 0.3) is 0 Å². The van der Waals surface area contributed by atoms with E-state index in [1.54, 1.807) is 34.9 Å². The number of hydrogen-bond acceptors (Lipinski definition) is 4. The Hall–Kier alpha value is -1.50. The highest BCUT2D eigenvalue weighted by atomic mass is 32.2. The van der Waals surface area contributed by atoms with E-state index in [9.17, 15) is 8.42 Å². The molecule has 0 aliphatic carbocycles. The maximum atomic E-state index is 13.0. The first kappa shape index (κ1) is 15.4. The van der Waals surface area contributed by atoms with Gasteiger partial charge in [-0.25, -0.2) is 8.42 Å². The van der Waals surface area contributed by atoms with E-state index < -0.39 is 10.0 Å². The lowest BCUT2D eigenvalue weighted by atomic mass is 10.00. The number of rotatable bonds is 4. The molecule has 6 heteroatoms. The van der Waals surface area contributed by atoms with Crippen molar-refractivity contribution in [1.82, 2.24) is 14.6 Å². The molecule has 2 heterocycles. The van der Waals surface area contributed by atoms with E-state index in [1.165, 1.54) is 0 Å². The Morgan fingerprint density at radius 3 is 3.05 bits per heavy atom. The summed E-state index contributed by atoms with van der Waals surface area (Å²) in [6, 6.07) is 7.14. The molecule has 1 aliphatic heterocycles. The second-order valence-electron chi connectivity index (χ2n) is 5.78. The molecule has 0 amide bonds. The molecule has 1 N–H and O–H groups in total. The molecule has 0 unspecified atom stereocenters. The van der Waals surface area contributed by atoms with E-state index in [0.717, 1.165) is 30.2 Å². The molecule has 0 radical (unpaired) electrons. The molecule has 3 rings (SSSR count). The van der Waals surface area contributed by atoms with Gasteiger partial charge < -0.3 is 5.32 Å². The lowest BCUT2D eigenvalue weighted by Crippen LogP contribution is -2.42. The van der Waals surface area contributed by atoms with Crippen molar-refractivity contribution in [3.63, 3.8) is 0 Å². The van der Waals surface area contributed by atoms with Crippen LogP contribution in [0.2, 0.25) is 0 Å². The van der Waals surface area contributed by atoms with Crippen molar-refractivity contribution in [3.8, 4) is 0 Å². The van der Waals surface area contributed by atoms with Gasteiger partial charge in [-0.3, -0.25) is 4.98 Å². The van der Waals surface area contributed by atoms with Crippen LogP contribution in [-0.4, -0.2) is 44.4 Å². The Morgan fingerprint density at radius 2 is 2.23 bits per heavy atom. The summed E-state index contributed by atoms with van der Waals surface area (Å²) in [4.78, 5) is 4.45. The van der Waals surface area contributed by atoms with E-state index >= 15 is 0 Å². The number of nitrogens with one attached hydrogen (secondary N) is 1. The highest BCUT2D eigenvalue weighted by Crippen LogP contribution is 2.28. The second-order valence-corrected chi connectivity index (χ2v) is 7.69. The fourth-order valence-electron chi connectivity index (χ4n) is 3.16. The molecule has 0 saturated carbocycles. The molecule has 1 saturated heterocycles. The molecule has 1 fully saturated rings. The fraction of sp³-hybridized carbons (Fsp3) is 0.438. The zero-order chi connectivity index (χ0) is 15.6. The largest absolute Gasteiger partial charge is 0.319 e. The number of hydrogen-bond donors (Lipinski definition) is 1. The number of fused-ring (bicyclic) bond motifs is 1. The van der Waals surface area contributed by atoms with E-state index in [0.29, 0.717) is 23.9 Å². The molecule has 1 aliphatic rings. The average Bonchev–Trinajstić information content (AvgIpc) is 2.55. The number of pyridine rings is 1. The molecule has 22 heavy (non-hydrogen) atoms. The smallest absolute Gasteiger partial charge is 0.243 e. The third-order valence-electron chi connectivity index (χ3n) is 4.23. The molecule has 0 spiro atoms. The SMILES string of the molecule is CNC[C@H]1CCCN(S(=O)(=O)c2cccc3cnccc23)C1. The summed E-state index contributed by atoms with van der Waals surface area (Å²) in [6.45, 7) is 2.04.